The van der Waals surface area contributed by atoms with Gasteiger partial charge in [-0.3, -0.25) is 0 Å². The summed E-state index contributed by atoms with van der Waals surface area (Å²) in [5, 5.41) is 3.15. The molecule has 3 N–H and O–H groups in total. The molecule has 0 unspecified atom stereocenters. The average molecular weight is 245 g/mol. The molecule has 0 atom stereocenters. The Morgan fingerprint density at radius 3 is 2.94 bits per heavy atom. The number of nitrogens with zero attached hydrogens (tertiary/aromatic N) is 3. The second kappa shape index (κ2) is 4.29. The highest BCUT2D eigenvalue weighted by atomic mass is 16.4. The zero-order valence-corrected chi connectivity index (χ0v) is 10.2. The maximum atomic E-state index is 5.77. The van der Waals surface area contributed by atoms with Crippen molar-refractivity contribution in [3.05, 3.63) is 29.7 Å². The Balaban J connectivity index is 1.71. The number of rotatable bonds is 4. The molecule has 1 saturated carbocycles. The molecule has 18 heavy (non-hydrogen) atoms. The van der Waals surface area contributed by atoms with E-state index in [-0.39, 0.29) is 0 Å². The van der Waals surface area contributed by atoms with Gasteiger partial charge in [0, 0.05) is 12.0 Å². The molecule has 0 aliphatic heterocycles. The molecule has 2 aromatic heterocycles. The Bertz CT molecular complexity index is 561. The molecule has 0 aromatic carbocycles. The monoisotopic (exact) mass is 245 g/mol. The molecular weight excluding hydrogens is 230 g/mol. The van der Waals surface area contributed by atoms with E-state index in [9.17, 15) is 0 Å². The fraction of sp³-hybridized carbons (Fsp3) is 0.417. The number of oxazole rings is 1. The highest BCUT2D eigenvalue weighted by Gasteiger charge is 2.27. The van der Waals surface area contributed by atoms with Crippen molar-refractivity contribution in [2.24, 2.45) is 0 Å². The summed E-state index contributed by atoms with van der Waals surface area (Å²) in [5.41, 5.74) is 5.77. The van der Waals surface area contributed by atoms with Gasteiger partial charge in [0.15, 0.2) is 0 Å². The fourth-order valence-electron chi connectivity index (χ4n) is 1.75. The third-order valence-corrected chi connectivity index (χ3v) is 2.80. The Labute approximate surface area is 105 Å². The smallest absolute Gasteiger partial charge is 0.213 e. The van der Waals surface area contributed by atoms with Crippen LogP contribution in [-0.2, 0) is 6.54 Å². The molecule has 94 valence electrons. The van der Waals surface area contributed by atoms with Crippen LogP contribution in [0.25, 0.3) is 0 Å². The van der Waals surface area contributed by atoms with Crippen LogP contribution in [0.3, 0.4) is 0 Å². The van der Waals surface area contributed by atoms with E-state index in [2.05, 4.69) is 20.3 Å². The Kier molecular flexibility index (Phi) is 2.62. The lowest BCUT2D eigenvalue weighted by Gasteiger charge is -2.06. The molecule has 6 heteroatoms. The van der Waals surface area contributed by atoms with Crippen molar-refractivity contribution in [3.8, 4) is 0 Å². The van der Waals surface area contributed by atoms with E-state index in [1.54, 1.807) is 12.3 Å². The van der Waals surface area contributed by atoms with Crippen LogP contribution in [0, 0.1) is 6.92 Å². The summed E-state index contributed by atoms with van der Waals surface area (Å²) in [6.07, 6.45) is 4.00. The van der Waals surface area contributed by atoms with Crippen LogP contribution >= 0.6 is 0 Å². The lowest BCUT2D eigenvalue weighted by atomic mass is 10.4. The van der Waals surface area contributed by atoms with E-state index in [0.29, 0.717) is 24.2 Å². The van der Waals surface area contributed by atoms with E-state index in [0.717, 1.165) is 30.2 Å². The van der Waals surface area contributed by atoms with Crippen molar-refractivity contribution >= 4 is 11.6 Å². The molecule has 0 spiro atoms. The van der Waals surface area contributed by atoms with Crippen LogP contribution in [0.1, 0.15) is 36.2 Å². The van der Waals surface area contributed by atoms with Crippen LogP contribution in [0.15, 0.2) is 16.7 Å². The summed E-state index contributed by atoms with van der Waals surface area (Å²) < 4.78 is 5.38. The molecule has 1 aliphatic carbocycles. The maximum Gasteiger partial charge on any atom is 0.213 e. The topological polar surface area (TPSA) is 89.9 Å². The van der Waals surface area contributed by atoms with Gasteiger partial charge in [0.25, 0.3) is 0 Å². The van der Waals surface area contributed by atoms with Gasteiger partial charge in [-0.05, 0) is 19.8 Å². The van der Waals surface area contributed by atoms with Crippen molar-refractivity contribution < 1.29 is 4.42 Å². The zero-order valence-electron chi connectivity index (χ0n) is 10.2. The summed E-state index contributed by atoms with van der Waals surface area (Å²) in [6.45, 7) is 2.36. The van der Waals surface area contributed by atoms with Crippen LogP contribution in [0.2, 0.25) is 0 Å². The van der Waals surface area contributed by atoms with Gasteiger partial charge in [0.1, 0.15) is 23.2 Å². The summed E-state index contributed by atoms with van der Waals surface area (Å²) in [5.74, 6) is 3.97. The first-order valence-corrected chi connectivity index (χ1v) is 6.00. The SMILES string of the molecule is Cc1cnc(CNc2cc(N)nc(C3CC3)n2)o1. The first-order chi connectivity index (χ1) is 8.70. The van der Waals surface area contributed by atoms with E-state index in [1.807, 2.05) is 6.92 Å². The van der Waals surface area contributed by atoms with Gasteiger partial charge in [-0.15, -0.1) is 0 Å². The van der Waals surface area contributed by atoms with Gasteiger partial charge < -0.3 is 15.5 Å². The third-order valence-electron chi connectivity index (χ3n) is 2.80. The standard InChI is InChI=1S/C12H15N5O/c1-7-5-15-11(18-7)6-14-10-4-9(13)16-12(17-10)8-2-3-8/h4-5,8H,2-3,6H2,1H3,(H3,13,14,16,17). The second-order valence-electron chi connectivity index (χ2n) is 4.53. The van der Waals surface area contributed by atoms with E-state index >= 15 is 0 Å². The van der Waals surface area contributed by atoms with E-state index < -0.39 is 0 Å². The summed E-state index contributed by atoms with van der Waals surface area (Å²) >= 11 is 0. The number of aromatic nitrogens is 3. The highest BCUT2D eigenvalue weighted by molar-refractivity contribution is 5.45. The quantitative estimate of drug-likeness (QED) is 0.854. The molecular formula is C12H15N5O. The number of nitrogens with one attached hydrogen (secondary N) is 1. The normalized spacial score (nSPS) is 14.7. The summed E-state index contributed by atoms with van der Waals surface area (Å²) in [4.78, 5) is 12.8. The lowest BCUT2D eigenvalue weighted by molar-refractivity contribution is 0.478. The molecule has 0 amide bonds. The lowest BCUT2D eigenvalue weighted by Crippen LogP contribution is -2.06. The van der Waals surface area contributed by atoms with Crippen molar-refractivity contribution in [1.29, 1.82) is 0 Å². The van der Waals surface area contributed by atoms with Crippen molar-refractivity contribution in [2.45, 2.75) is 32.2 Å². The number of anilines is 2. The molecule has 2 heterocycles. The fourth-order valence-corrected chi connectivity index (χ4v) is 1.75. The van der Waals surface area contributed by atoms with Crippen molar-refractivity contribution in [3.63, 3.8) is 0 Å². The third kappa shape index (κ3) is 2.42. The van der Waals surface area contributed by atoms with E-state index in [4.69, 9.17) is 10.2 Å². The van der Waals surface area contributed by atoms with Crippen molar-refractivity contribution in [2.75, 3.05) is 11.1 Å². The van der Waals surface area contributed by atoms with Gasteiger partial charge in [0.05, 0.1) is 12.7 Å². The first-order valence-electron chi connectivity index (χ1n) is 6.00. The number of nitrogen functional groups attached to an aromatic ring is 1. The molecule has 0 saturated heterocycles. The zero-order chi connectivity index (χ0) is 12.5. The van der Waals surface area contributed by atoms with Gasteiger partial charge in [0.2, 0.25) is 5.89 Å². The minimum absolute atomic E-state index is 0.484. The maximum absolute atomic E-state index is 5.77. The number of hydrogen-bond acceptors (Lipinski definition) is 6. The minimum atomic E-state index is 0.484. The van der Waals surface area contributed by atoms with Gasteiger partial charge in [-0.1, -0.05) is 0 Å². The second-order valence-corrected chi connectivity index (χ2v) is 4.53. The Morgan fingerprint density at radius 2 is 2.28 bits per heavy atom. The number of nitrogens with two attached hydrogens (primary N) is 1. The van der Waals surface area contributed by atoms with Gasteiger partial charge >= 0.3 is 0 Å². The van der Waals surface area contributed by atoms with Gasteiger partial charge in [-0.2, -0.15) is 0 Å². The number of hydrogen-bond donors (Lipinski definition) is 2. The predicted octanol–water partition coefficient (Wildman–Crippen LogP) is 1.84. The molecule has 6 nitrogen and oxygen atoms in total. The molecule has 3 rings (SSSR count). The molecule has 1 aliphatic rings. The minimum Gasteiger partial charge on any atom is -0.444 e. The average Bonchev–Trinajstić information content (AvgIpc) is 3.10. The van der Waals surface area contributed by atoms with Crippen LogP contribution in [0.4, 0.5) is 11.6 Å². The largest absolute Gasteiger partial charge is 0.444 e. The molecule has 0 bridgehead atoms. The summed E-state index contributed by atoms with van der Waals surface area (Å²) in [6, 6.07) is 1.72. The van der Waals surface area contributed by atoms with Crippen molar-refractivity contribution in [1.82, 2.24) is 15.0 Å². The first kappa shape index (κ1) is 11.0. The van der Waals surface area contributed by atoms with Crippen LogP contribution in [-0.4, -0.2) is 15.0 Å². The summed E-state index contributed by atoms with van der Waals surface area (Å²) in [7, 11) is 0. The Morgan fingerprint density at radius 1 is 1.44 bits per heavy atom. The highest BCUT2D eigenvalue weighted by Crippen LogP contribution is 2.38. The molecule has 0 radical (unpaired) electrons. The van der Waals surface area contributed by atoms with Gasteiger partial charge in [-0.25, -0.2) is 15.0 Å². The molecule has 2 aromatic rings. The molecule has 1 fully saturated rings. The number of aryl methyl sites for hydroxylation is 1. The van der Waals surface area contributed by atoms with Crippen LogP contribution in [0.5, 0.6) is 0 Å². The Hall–Kier alpha value is -2.11. The predicted molar refractivity (Wildman–Crippen MR) is 67.0 cm³/mol. The van der Waals surface area contributed by atoms with E-state index in [1.165, 1.54) is 0 Å². The van der Waals surface area contributed by atoms with Crippen LogP contribution < -0.4 is 11.1 Å².